The molecule has 1 aromatic carbocycles. The van der Waals surface area contributed by atoms with E-state index in [1.165, 1.54) is 0 Å². The maximum Gasteiger partial charge on any atom is 0.182 e. The fourth-order valence-corrected chi connectivity index (χ4v) is 2.75. The summed E-state index contributed by atoms with van der Waals surface area (Å²) in [6, 6.07) is 12.0. The summed E-state index contributed by atoms with van der Waals surface area (Å²) in [6.45, 7) is 2.04. The third-order valence-corrected chi connectivity index (χ3v) is 3.97. The van der Waals surface area contributed by atoms with Crippen LogP contribution in [0.15, 0.2) is 30.3 Å². The average molecular weight is 256 g/mol. The van der Waals surface area contributed by atoms with Crippen molar-refractivity contribution in [2.24, 2.45) is 0 Å². The number of nitriles is 1. The van der Waals surface area contributed by atoms with Crippen LogP contribution in [0.2, 0.25) is 0 Å². The van der Waals surface area contributed by atoms with Crippen molar-refractivity contribution in [3.05, 3.63) is 35.9 Å². The lowest BCUT2D eigenvalue weighted by Gasteiger charge is -2.17. The molecule has 1 atom stereocenters. The molecule has 13 heavy (non-hydrogen) atoms. The van der Waals surface area contributed by atoms with Gasteiger partial charge in [0.1, 0.15) is 0 Å². The van der Waals surface area contributed by atoms with Crippen molar-refractivity contribution in [3.63, 3.8) is 0 Å². The van der Waals surface area contributed by atoms with Crippen LogP contribution in [0, 0.1) is 11.3 Å². The number of benzene rings is 1. The van der Waals surface area contributed by atoms with Crippen LogP contribution in [0.4, 0.5) is 0 Å². The smallest absolute Gasteiger partial charge is 0.182 e. The Morgan fingerprint density at radius 1 is 1.46 bits per heavy atom. The number of rotatable bonds is 3. The Balaban J connectivity index is 2.98. The Morgan fingerprint density at radius 3 is 2.54 bits per heavy atom. The van der Waals surface area contributed by atoms with Gasteiger partial charge < -0.3 is 0 Å². The second-order valence-electron chi connectivity index (χ2n) is 2.51. The maximum absolute atomic E-state index is 9.05. The summed E-state index contributed by atoms with van der Waals surface area (Å²) in [5, 5.41) is 9.05. The molecule has 68 valence electrons. The van der Waals surface area contributed by atoms with Gasteiger partial charge in [-0.3, -0.25) is 0 Å². The topological polar surface area (TPSA) is 23.8 Å². The van der Waals surface area contributed by atoms with E-state index in [2.05, 4.69) is 22.0 Å². The lowest BCUT2D eigenvalue weighted by molar-refractivity contribution is 1.16. The summed E-state index contributed by atoms with van der Waals surface area (Å²) >= 11 is 5.04. The van der Waals surface area contributed by atoms with E-state index in [-0.39, 0.29) is 0 Å². The molecule has 0 saturated heterocycles. The lowest BCUT2D eigenvalue weighted by Crippen LogP contribution is -2.10. The molecule has 0 saturated carbocycles. The number of hydrogen-bond acceptors (Lipinski definition) is 2. The zero-order valence-corrected chi connectivity index (χ0v) is 9.73. The molecule has 0 radical (unpaired) electrons. The van der Waals surface area contributed by atoms with Gasteiger partial charge in [0.25, 0.3) is 0 Å². The molecule has 0 spiro atoms. The van der Waals surface area contributed by atoms with Crippen molar-refractivity contribution in [2.45, 2.75) is 10.6 Å². The van der Waals surface area contributed by atoms with Crippen LogP contribution in [-0.2, 0) is 3.66 Å². The van der Waals surface area contributed by atoms with Gasteiger partial charge in [0.15, 0.2) is 3.66 Å². The van der Waals surface area contributed by atoms with Gasteiger partial charge in [-0.05, 0) is 11.3 Å². The normalized spacial score (nSPS) is 14.5. The van der Waals surface area contributed by atoms with Crippen molar-refractivity contribution >= 4 is 27.7 Å². The Kier molecular flexibility index (Phi) is 3.83. The minimum Gasteiger partial charge on any atom is -0.195 e. The minimum absolute atomic E-state index is 0.580. The first-order valence-electron chi connectivity index (χ1n) is 4.02. The largest absolute Gasteiger partial charge is 0.195 e. The van der Waals surface area contributed by atoms with Crippen molar-refractivity contribution in [1.82, 2.24) is 0 Å². The first-order valence-corrected chi connectivity index (χ1v) is 5.80. The van der Waals surface area contributed by atoms with E-state index in [9.17, 15) is 0 Å². The van der Waals surface area contributed by atoms with E-state index >= 15 is 0 Å². The van der Waals surface area contributed by atoms with E-state index in [0.717, 1.165) is 11.3 Å². The van der Waals surface area contributed by atoms with Crippen molar-refractivity contribution < 1.29 is 0 Å². The highest BCUT2D eigenvalue weighted by Gasteiger charge is 2.28. The van der Waals surface area contributed by atoms with Crippen molar-refractivity contribution in [2.75, 3.05) is 5.75 Å². The summed E-state index contributed by atoms with van der Waals surface area (Å²) in [5.74, 6) is 0.910. The predicted molar refractivity (Wildman–Crippen MR) is 60.8 cm³/mol. The molecule has 3 heteroatoms. The van der Waals surface area contributed by atoms with E-state index in [4.69, 9.17) is 5.26 Å². The van der Waals surface area contributed by atoms with Gasteiger partial charge in [-0.2, -0.15) is 5.26 Å². The Morgan fingerprint density at radius 2 is 2.08 bits per heavy atom. The van der Waals surface area contributed by atoms with E-state index in [0.29, 0.717) is 0 Å². The van der Waals surface area contributed by atoms with Crippen molar-refractivity contribution in [1.29, 1.82) is 5.26 Å². The SMILES string of the molecule is CCSC(Br)(C#N)c1ccccc1. The average Bonchev–Trinajstić information content (AvgIpc) is 2.19. The molecule has 0 amide bonds. The number of thioether (sulfide) groups is 1. The third-order valence-electron chi connectivity index (χ3n) is 1.63. The Bertz CT molecular complexity index is 306. The number of nitrogens with zero attached hydrogens (tertiary/aromatic N) is 1. The van der Waals surface area contributed by atoms with E-state index < -0.39 is 3.66 Å². The van der Waals surface area contributed by atoms with Gasteiger partial charge >= 0.3 is 0 Å². The molecular weight excluding hydrogens is 246 g/mol. The van der Waals surface area contributed by atoms with Crippen molar-refractivity contribution in [3.8, 4) is 6.07 Å². The molecule has 0 aliphatic rings. The van der Waals surface area contributed by atoms with Crippen LogP contribution in [0.1, 0.15) is 12.5 Å². The molecule has 0 heterocycles. The van der Waals surface area contributed by atoms with E-state index in [1.54, 1.807) is 11.8 Å². The molecule has 0 fully saturated rings. The molecule has 1 unspecified atom stereocenters. The number of halogens is 1. The van der Waals surface area contributed by atoms with Gasteiger partial charge in [-0.15, -0.1) is 11.8 Å². The highest BCUT2D eigenvalue weighted by atomic mass is 79.9. The highest BCUT2D eigenvalue weighted by molar-refractivity contribution is 9.11. The van der Waals surface area contributed by atoms with Crippen LogP contribution in [0.25, 0.3) is 0 Å². The molecular formula is C10H10BrNS. The highest BCUT2D eigenvalue weighted by Crippen LogP contribution is 2.41. The fraction of sp³-hybridized carbons (Fsp3) is 0.300. The van der Waals surface area contributed by atoms with Crippen LogP contribution in [0.3, 0.4) is 0 Å². The first kappa shape index (κ1) is 10.6. The summed E-state index contributed by atoms with van der Waals surface area (Å²) in [6.07, 6.45) is 0. The molecule has 0 bridgehead atoms. The monoisotopic (exact) mass is 255 g/mol. The Labute approximate surface area is 91.3 Å². The fourth-order valence-electron chi connectivity index (χ4n) is 1.03. The zero-order valence-electron chi connectivity index (χ0n) is 7.33. The molecule has 0 aromatic heterocycles. The second-order valence-corrected chi connectivity index (χ2v) is 5.70. The van der Waals surface area contributed by atoms with Crippen LogP contribution in [-0.4, -0.2) is 5.75 Å². The number of alkyl halides is 1. The zero-order chi connectivity index (χ0) is 9.73. The molecule has 1 nitrogen and oxygen atoms in total. The predicted octanol–water partition coefficient (Wildman–Crippen LogP) is 3.51. The summed E-state index contributed by atoms with van der Waals surface area (Å²) < 4.78 is -0.580. The second kappa shape index (κ2) is 4.69. The summed E-state index contributed by atoms with van der Waals surface area (Å²) in [5.41, 5.74) is 1.00. The quantitative estimate of drug-likeness (QED) is 0.772. The first-order chi connectivity index (χ1) is 6.23. The van der Waals surface area contributed by atoms with E-state index in [1.807, 2.05) is 37.3 Å². The van der Waals surface area contributed by atoms with Crippen LogP contribution < -0.4 is 0 Å². The van der Waals surface area contributed by atoms with Gasteiger partial charge in [0, 0.05) is 0 Å². The minimum atomic E-state index is -0.580. The lowest BCUT2D eigenvalue weighted by atomic mass is 10.2. The van der Waals surface area contributed by atoms with Crippen LogP contribution in [0.5, 0.6) is 0 Å². The van der Waals surface area contributed by atoms with Gasteiger partial charge in [-0.25, -0.2) is 0 Å². The molecule has 0 N–H and O–H groups in total. The van der Waals surface area contributed by atoms with Gasteiger partial charge in [0.2, 0.25) is 0 Å². The Hall–Kier alpha value is -0.460. The van der Waals surface area contributed by atoms with Gasteiger partial charge in [-0.1, -0.05) is 53.2 Å². The third kappa shape index (κ3) is 2.49. The van der Waals surface area contributed by atoms with Gasteiger partial charge in [0.05, 0.1) is 6.07 Å². The number of hydrogen-bond donors (Lipinski definition) is 0. The standard InChI is InChI=1S/C10H10BrNS/c1-2-13-10(11,8-12)9-6-4-3-5-7-9/h3-7H,2H2,1H3. The molecule has 1 rings (SSSR count). The maximum atomic E-state index is 9.05. The molecule has 1 aromatic rings. The van der Waals surface area contributed by atoms with Crippen LogP contribution >= 0.6 is 27.7 Å². The summed E-state index contributed by atoms with van der Waals surface area (Å²) in [7, 11) is 0. The molecule has 0 aliphatic heterocycles. The summed E-state index contributed by atoms with van der Waals surface area (Å²) in [4.78, 5) is 0. The molecule has 0 aliphatic carbocycles.